The summed E-state index contributed by atoms with van der Waals surface area (Å²) in [4.78, 5) is 15.9. The molecule has 3 fully saturated rings. The van der Waals surface area contributed by atoms with Crippen LogP contribution < -0.4 is 10.1 Å². The summed E-state index contributed by atoms with van der Waals surface area (Å²) in [7, 11) is -3.15. The second kappa shape index (κ2) is 9.59. The number of halogens is 2. The van der Waals surface area contributed by atoms with E-state index in [9.17, 15) is 12.8 Å². The van der Waals surface area contributed by atoms with E-state index >= 15 is 4.39 Å². The predicted octanol–water partition coefficient (Wildman–Crippen LogP) is 4.73. The maximum atomic E-state index is 16.3. The molecule has 5 heterocycles. The highest BCUT2D eigenvalue weighted by atomic mass is 32.2. The van der Waals surface area contributed by atoms with Gasteiger partial charge in [0.1, 0.15) is 29.5 Å². The monoisotopic (exact) mass is 565 g/mol. The molecule has 40 heavy (non-hydrogen) atoms. The maximum absolute atomic E-state index is 16.3. The highest BCUT2D eigenvalue weighted by Crippen LogP contribution is 2.40. The number of rotatable bonds is 6. The fourth-order valence-electron chi connectivity index (χ4n) is 6.65. The molecule has 3 aliphatic rings. The van der Waals surface area contributed by atoms with Gasteiger partial charge in [0.2, 0.25) is 0 Å². The smallest absolute Gasteiger partial charge is 0.319 e. The number of hydrogen-bond donors (Lipinski definition) is 1. The van der Waals surface area contributed by atoms with Crippen LogP contribution in [0.4, 0.5) is 14.6 Å². The third-order valence-corrected chi connectivity index (χ3v) is 10.4. The quantitative estimate of drug-likeness (QED) is 0.359. The molecule has 11 heteroatoms. The Bertz CT molecular complexity index is 1730. The molecule has 1 unspecified atom stereocenters. The summed E-state index contributed by atoms with van der Waals surface area (Å²) >= 11 is 0. The summed E-state index contributed by atoms with van der Waals surface area (Å²) in [6.07, 6.45) is 6.15. The van der Waals surface area contributed by atoms with Crippen LogP contribution in [0.25, 0.3) is 32.9 Å². The van der Waals surface area contributed by atoms with Crippen molar-refractivity contribution >= 4 is 37.3 Å². The Morgan fingerprint density at radius 1 is 1.07 bits per heavy atom. The van der Waals surface area contributed by atoms with E-state index in [0.29, 0.717) is 29.4 Å². The molecule has 0 radical (unpaired) electrons. The molecule has 0 aliphatic carbocycles. The first-order valence-corrected chi connectivity index (χ1v) is 15.5. The first kappa shape index (κ1) is 25.5. The zero-order valence-electron chi connectivity index (χ0n) is 21.9. The second-order valence-electron chi connectivity index (χ2n) is 11.1. The number of fused-ring (bicyclic) bond motifs is 3. The van der Waals surface area contributed by atoms with Gasteiger partial charge in [0, 0.05) is 23.2 Å². The Balaban J connectivity index is 1.33. The lowest BCUT2D eigenvalue weighted by molar-refractivity contribution is 0.108. The van der Waals surface area contributed by atoms with Gasteiger partial charge >= 0.3 is 6.01 Å². The van der Waals surface area contributed by atoms with E-state index in [1.165, 1.54) is 12.3 Å². The molecular weight excluding hydrogens is 536 g/mol. The summed E-state index contributed by atoms with van der Waals surface area (Å²) < 4.78 is 61.6. The van der Waals surface area contributed by atoms with Gasteiger partial charge in [0.05, 0.1) is 22.4 Å². The highest BCUT2D eigenvalue weighted by molar-refractivity contribution is 7.91. The van der Waals surface area contributed by atoms with Crippen LogP contribution in [0.2, 0.25) is 0 Å². The van der Waals surface area contributed by atoms with E-state index in [2.05, 4.69) is 25.2 Å². The van der Waals surface area contributed by atoms with Crippen molar-refractivity contribution < 1.29 is 21.9 Å². The van der Waals surface area contributed by atoms with E-state index < -0.39 is 21.5 Å². The molecule has 3 saturated heterocycles. The van der Waals surface area contributed by atoms with Crippen molar-refractivity contribution in [3.05, 3.63) is 54.2 Å². The lowest BCUT2D eigenvalue weighted by atomic mass is 9.95. The number of aromatic nitrogens is 3. The third-order valence-electron chi connectivity index (χ3n) is 8.63. The minimum absolute atomic E-state index is 0.0149. The van der Waals surface area contributed by atoms with Crippen LogP contribution in [0.15, 0.2) is 42.6 Å². The molecule has 0 saturated carbocycles. The van der Waals surface area contributed by atoms with Crippen LogP contribution >= 0.6 is 0 Å². The van der Waals surface area contributed by atoms with E-state index in [1.807, 2.05) is 0 Å². The molecule has 7 rings (SSSR count). The summed E-state index contributed by atoms with van der Waals surface area (Å²) in [5.74, 6) is -0.863. The summed E-state index contributed by atoms with van der Waals surface area (Å²) in [6, 6.07) is 9.50. The fraction of sp³-hybridized carbons (Fsp3) is 0.414. The minimum atomic E-state index is -3.15. The number of hydrogen-bond acceptors (Lipinski definition) is 8. The Hall–Kier alpha value is -3.44. The Kier molecular flexibility index (Phi) is 6.12. The topological polar surface area (TPSA) is 97.3 Å². The molecule has 8 nitrogen and oxygen atoms in total. The molecule has 2 aromatic carbocycles. The van der Waals surface area contributed by atoms with E-state index in [1.54, 1.807) is 30.3 Å². The van der Waals surface area contributed by atoms with Crippen LogP contribution in [0, 0.1) is 11.6 Å². The molecule has 4 aromatic rings. The van der Waals surface area contributed by atoms with Crippen molar-refractivity contribution in [2.24, 2.45) is 0 Å². The van der Waals surface area contributed by atoms with Gasteiger partial charge in [-0.3, -0.25) is 9.88 Å². The van der Waals surface area contributed by atoms with Gasteiger partial charge in [-0.2, -0.15) is 9.97 Å². The fourth-order valence-corrected chi connectivity index (χ4v) is 8.33. The van der Waals surface area contributed by atoms with Gasteiger partial charge in [0.25, 0.3) is 0 Å². The van der Waals surface area contributed by atoms with Crippen molar-refractivity contribution in [2.45, 2.75) is 43.7 Å². The lowest BCUT2D eigenvalue weighted by Gasteiger charge is -2.31. The van der Waals surface area contributed by atoms with Gasteiger partial charge < -0.3 is 10.1 Å². The second-order valence-corrected chi connectivity index (χ2v) is 13.4. The predicted molar refractivity (Wildman–Crippen MR) is 149 cm³/mol. The van der Waals surface area contributed by atoms with Crippen molar-refractivity contribution in [1.29, 1.82) is 0 Å². The molecule has 1 atom stereocenters. The van der Waals surface area contributed by atoms with Gasteiger partial charge in [-0.05, 0) is 56.6 Å². The summed E-state index contributed by atoms with van der Waals surface area (Å²) in [5.41, 5.74) is 0.213. The largest absolute Gasteiger partial charge is 0.461 e. The normalized spacial score (nSPS) is 21.7. The maximum Gasteiger partial charge on any atom is 0.319 e. The molecular formula is C29H29F2N5O3S. The molecule has 2 aromatic heterocycles. The molecule has 0 bridgehead atoms. The van der Waals surface area contributed by atoms with E-state index in [4.69, 9.17) is 4.74 Å². The van der Waals surface area contributed by atoms with Crippen molar-refractivity contribution in [3.63, 3.8) is 0 Å². The van der Waals surface area contributed by atoms with Crippen LogP contribution in [0.1, 0.15) is 32.1 Å². The standard InChI is InChI=1S/C29H29F2N5O3S/c30-22-8-2-6-18-5-1-7-20(23(18)22)25-24(31)26-21(15-32-25)27(33-19-9-14-40(37,38)16-19)35-28(34-26)39-17-29-10-3-12-36(29)13-4-11-29/h1-2,5-8,15,19H,3-4,9-14,16-17H2,(H,33,34,35). The lowest BCUT2D eigenvalue weighted by Crippen LogP contribution is -2.43. The number of nitrogens with zero attached hydrogens (tertiary/aromatic N) is 4. The van der Waals surface area contributed by atoms with Gasteiger partial charge in [-0.15, -0.1) is 0 Å². The molecule has 208 valence electrons. The first-order chi connectivity index (χ1) is 19.3. The summed E-state index contributed by atoms with van der Waals surface area (Å²) in [5, 5.41) is 4.40. The minimum Gasteiger partial charge on any atom is -0.461 e. The van der Waals surface area contributed by atoms with Crippen molar-refractivity contribution in [1.82, 2.24) is 19.9 Å². The average Bonchev–Trinajstić information content (AvgIpc) is 3.61. The van der Waals surface area contributed by atoms with Gasteiger partial charge in [-0.1, -0.05) is 30.3 Å². The van der Waals surface area contributed by atoms with E-state index in [-0.39, 0.29) is 51.5 Å². The number of benzene rings is 2. The Labute approximate surface area is 230 Å². The van der Waals surface area contributed by atoms with E-state index in [0.717, 1.165) is 38.8 Å². The molecule has 0 amide bonds. The SMILES string of the molecule is O=S1(=O)CCC(Nc2nc(OCC34CCCN3CCC4)nc3c(F)c(-c4cccc5cccc(F)c45)ncc23)C1. The number of nitrogens with one attached hydrogen (secondary N) is 1. The first-order valence-electron chi connectivity index (χ1n) is 13.7. The average molecular weight is 566 g/mol. The van der Waals surface area contributed by atoms with Crippen LogP contribution in [0.3, 0.4) is 0 Å². The van der Waals surface area contributed by atoms with Gasteiger partial charge in [-0.25, -0.2) is 17.2 Å². The Morgan fingerprint density at radius 3 is 2.60 bits per heavy atom. The van der Waals surface area contributed by atoms with Crippen LogP contribution in [0.5, 0.6) is 6.01 Å². The van der Waals surface area contributed by atoms with Crippen LogP contribution in [-0.4, -0.2) is 71.1 Å². The highest BCUT2D eigenvalue weighted by Gasteiger charge is 2.45. The number of anilines is 1. The van der Waals surface area contributed by atoms with Crippen molar-refractivity contribution in [3.8, 4) is 17.3 Å². The molecule has 1 N–H and O–H groups in total. The third kappa shape index (κ3) is 4.35. The zero-order valence-corrected chi connectivity index (χ0v) is 22.7. The molecule has 3 aliphatic heterocycles. The van der Waals surface area contributed by atoms with Crippen molar-refractivity contribution in [2.75, 3.05) is 36.5 Å². The summed E-state index contributed by atoms with van der Waals surface area (Å²) in [6.45, 7) is 2.47. The van der Waals surface area contributed by atoms with Crippen LogP contribution in [-0.2, 0) is 9.84 Å². The number of ether oxygens (including phenoxy) is 1. The zero-order chi connectivity index (χ0) is 27.5. The number of sulfone groups is 1. The Morgan fingerprint density at radius 2 is 1.85 bits per heavy atom. The van der Waals surface area contributed by atoms with Gasteiger partial charge in [0.15, 0.2) is 15.7 Å². The molecule has 0 spiro atoms. The number of pyridine rings is 1.